The van der Waals surface area contributed by atoms with E-state index in [1.54, 1.807) is 6.07 Å². The zero-order valence-corrected chi connectivity index (χ0v) is 9.33. The second kappa shape index (κ2) is 5.12. The van der Waals surface area contributed by atoms with E-state index in [1.807, 2.05) is 10.8 Å². The summed E-state index contributed by atoms with van der Waals surface area (Å²) in [4.78, 5) is 11.5. The van der Waals surface area contributed by atoms with Crippen molar-refractivity contribution >= 4 is 17.3 Å². The molecule has 1 heterocycles. The molecule has 1 atom stereocenters. The van der Waals surface area contributed by atoms with Gasteiger partial charge < -0.3 is 4.74 Å². The first kappa shape index (κ1) is 10.4. The van der Waals surface area contributed by atoms with Gasteiger partial charge in [-0.15, -0.1) is 0 Å². The number of rotatable bonds is 3. The summed E-state index contributed by atoms with van der Waals surface area (Å²) < 4.78 is 5.26. The van der Waals surface area contributed by atoms with Crippen LogP contribution >= 0.6 is 11.3 Å². The fraction of sp³-hybridized carbons (Fsp3) is 0.417. The molecule has 2 nitrogen and oxygen atoms in total. The van der Waals surface area contributed by atoms with E-state index in [-0.39, 0.29) is 5.97 Å². The molecule has 2 rings (SSSR count). The molecule has 0 amide bonds. The van der Waals surface area contributed by atoms with E-state index in [4.69, 9.17) is 4.74 Å². The first-order valence-corrected chi connectivity index (χ1v) is 6.15. The van der Waals surface area contributed by atoms with Crippen LogP contribution in [0.1, 0.15) is 29.6 Å². The Balaban J connectivity index is 1.78. The topological polar surface area (TPSA) is 26.3 Å². The summed E-state index contributed by atoms with van der Waals surface area (Å²) in [6, 6.07) is 1.80. The lowest BCUT2D eigenvalue weighted by Crippen LogP contribution is -2.14. The van der Waals surface area contributed by atoms with Crippen molar-refractivity contribution in [1.29, 1.82) is 0 Å². The quantitative estimate of drug-likeness (QED) is 0.579. The number of ether oxygens (including phenoxy) is 1. The SMILES string of the molecule is O=C(OCC1CC=CCC1)c1ccsc1. The van der Waals surface area contributed by atoms with Crippen molar-refractivity contribution in [3.63, 3.8) is 0 Å². The van der Waals surface area contributed by atoms with Gasteiger partial charge >= 0.3 is 5.97 Å². The van der Waals surface area contributed by atoms with Crippen LogP contribution in [0.25, 0.3) is 0 Å². The molecule has 15 heavy (non-hydrogen) atoms. The first-order chi connectivity index (χ1) is 7.36. The minimum atomic E-state index is -0.189. The van der Waals surface area contributed by atoms with Crippen LogP contribution in [0.15, 0.2) is 29.0 Å². The highest BCUT2D eigenvalue weighted by molar-refractivity contribution is 7.08. The van der Waals surface area contributed by atoms with Crippen LogP contribution in [-0.4, -0.2) is 12.6 Å². The van der Waals surface area contributed by atoms with Gasteiger partial charge in [-0.3, -0.25) is 0 Å². The monoisotopic (exact) mass is 222 g/mol. The van der Waals surface area contributed by atoms with E-state index < -0.39 is 0 Å². The Labute approximate surface area is 93.6 Å². The summed E-state index contributed by atoms with van der Waals surface area (Å²) in [5.74, 6) is 0.323. The predicted molar refractivity (Wildman–Crippen MR) is 61.1 cm³/mol. The zero-order valence-electron chi connectivity index (χ0n) is 8.52. The molecule has 0 fully saturated rings. The number of carbonyl (C=O) groups is 1. The lowest BCUT2D eigenvalue weighted by Gasteiger charge is -2.17. The van der Waals surface area contributed by atoms with Crippen molar-refractivity contribution in [3.05, 3.63) is 34.5 Å². The van der Waals surface area contributed by atoms with Crippen molar-refractivity contribution in [2.24, 2.45) is 5.92 Å². The molecule has 0 aliphatic heterocycles. The van der Waals surface area contributed by atoms with Crippen LogP contribution < -0.4 is 0 Å². The number of hydrogen-bond donors (Lipinski definition) is 0. The van der Waals surface area contributed by atoms with E-state index in [2.05, 4.69) is 12.2 Å². The molecule has 1 aromatic rings. The van der Waals surface area contributed by atoms with Crippen molar-refractivity contribution < 1.29 is 9.53 Å². The van der Waals surface area contributed by atoms with Crippen molar-refractivity contribution in [1.82, 2.24) is 0 Å². The number of hydrogen-bond acceptors (Lipinski definition) is 3. The van der Waals surface area contributed by atoms with Gasteiger partial charge in [-0.1, -0.05) is 12.2 Å². The van der Waals surface area contributed by atoms with Crippen LogP contribution in [0.5, 0.6) is 0 Å². The molecule has 1 aliphatic carbocycles. The van der Waals surface area contributed by atoms with E-state index in [0.717, 1.165) is 19.3 Å². The molecule has 0 radical (unpaired) electrons. The van der Waals surface area contributed by atoms with E-state index >= 15 is 0 Å². The van der Waals surface area contributed by atoms with Crippen LogP contribution in [0.2, 0.25) is 0 Å². The molecule has 1 unspecified atom stereocenters. The fourth-order valence-corrected chi connectivity index (χ4v) is 2.29. The predicted octanol–water partition coefficient (Wildman–Crippen LogP) is 3.26. The third-order valence-corrected chi connectivity index (χ3v) is 3.27. The second-order valence-corrected chi connectivity index (χ2v) is 4.54. The van der Waals surface area contributed by atoms with E-state index in [9.17, 15) is 4.79 Å². The maximum Gasteiger partial charge on any atom is 0.338 e. The van der Waals surface area contributed by atoms with Crippen LogP contribution in [0.4, 0.5) is 0 Å². The Morgan fingerprint density at radius 2 is 2.47 bits per heavy atom. The van der Waals surface area contributed by atoms with Crippen molar-refractivity contribution in [2.75, 3.05) is 6.61 Å². The summed E-state index contributed by atoms with van der Waals surface area (Å²) in [6.45, 7) is 0.555. The number of carbonyl (C=O) groups excluding carboxylic acids is 1. The molecule has 80 valence electrons. The Morgan fingerprint density at radius 3 is 3.13 bits per heavy atom. The Kier molecular flexibility index (Phi) is 3.56. The third-order valence-electron chi connectivity index (χ3n) is 2.58. The number of thiophene rings is 1. The smallest absolute Gasteiger partial charge is 0.338 e. The largest absolute Gasteiger partial charge is 0.462 e. The summed E-state index contributed by atoms with van der Waals surface area (Å²) in [7, 11) is 0. The van der Waals surface area contributed by atoms with Gasteiger partial charge in [0, 0.05) is 5.38 Å². The van der Waals surface area contributed by atoms with Gasteiger partial charge in [0.05, 0.1) is 12.2 Å². The second-order valence-electron chi connectivity index (χ2n) is 3.76. The molecular formula is C12H14O2S. The summed E-state index contributed by atoms with van der Waals surface area (Å²) >= 11 is 1.52. The molecule has 3 heteroatoms. The number of esters is 1. The van der Waals surface area contributed by atoms with E-state index in [0.29, 0.717) is 18.1 Å². The average molecular weight is 222 g/mol. The van der Waals surface area contributed by atoms with E-state index in [1.165, 1.54) is 11.3 Å². The van der Waals surface area contributed by atoms with Crippen LogP contribution in [0.3, 0.4) is 0 Å². The molecule has 0 saturated heterocycles. The molecular weight excluding hydrogens is 208 g/mol. The first-order valence-electron chi connectivity index (χ1n) is 5.20. The van der Waals surface area contributed by atoms with Crippen LogP contribution in [-0.2, 0) is 4.74 Å². The lowest BCUT2D eigenvalue weighted by molar-refractivity contribution is 0.0433. The highest BCUT2D eigenvalue weighted by Gasteiger charge is 2.13. The minimum absolute atomic E-state index is 0.189. The van der Waals surface area contributed by atoms with Gasteiger partial charge in [0.15, 0.2) is 0 Å². The maximum absolute atomic E-state index is 11.5. The van der Waals surface area contributed by atoms with Crippen molar-refractivity contribution in [3.8, 4) is 0 Å². The molecule has 0 N–H and O–H groups in total. The van der Waals surface area contributed by atoms with Crippen LogP contribution in [0, 0.1) is 5.92 Å². The highest BCUT2D eigenvalue weighted by Crippen LogP contribution is 2.19. The fourth-order valence-electron chi connectivity index (χ4n) is 1.67. The third kappa shape index (κ3) is 2.93. The van der Waals surface area contributed by atoms with Gasteiger partial charge in [-0.2, -0.15) is 11.3 Å². The summed E-state index contributed by atoms with van der Waals surface area (Å²) in [5, 5.41) is 3.71. The number of allylic oxidation sites excluding steroid dienone is 2. The van der Waals surface area contributed by atoms with Crippen molar-refractivity contribution in [2.45, 2.75) is 19.3 Å². The Morgan fingerprint density at radius 1 is 1.53 bits per heavy atom. The molecule has 0 saturated carbocycles. The Hall–Kier alpha value is -1.09. The Bertz CT molecular complexity index is 341. The highest BCUT2D eigenvalue weighted by atomic mass is 32.1. The summed E-state index contributed by atoms with van der Waals surface area (Å²) in [6.07, 6.45) is 7.65. The lowest BCUT2D eigenvalue weighted by atomic mass is 9.95. The maximum atomic E-state index is 11.5. The standard InChI is InChI=1S/C12H14O2S/c13-12(11-6-7-15-9-11)14-8-10-4-2-1-3-5-10/h1-2,6-7,9-10H,3-5,8H2. The van der Waals surface area contributed by atoms with Gasteiger partial charge in [0.25, 0.3) is 0 Å². The average Bonchev–Trinajstić information content (AvgIpc) is 2.81. The molecule has 0 spiro atoms. The molecule has 0 aromatic carbocycles. The normalized spacial score (nSPS) is 20.1. The van der Waals surface area contributed by atoms with Gasteiger partial charge in [0.1, 0.15) is 0 Å². The molecule has 1 aromatic heterocycles. The van der Waals surface area contributed by atoms with Gasteiger partial charge in [-0.25, -0.2) is 4.79 Å². The van der Waals surface area contributed by atoms with Gasteiger partial charge in [0.2, 0.25) is 0 Å². The summed E-state index contributed by atoms with van der Waals surface area (Å²) in [5.41, 5.74) is 0.673. The minimum Gasteiger partial charge on any atom is -0.462 e. The molecule has 0 bridgehead atoms. The van der Waals surface area contributed by atoms with Gasteiger partial charge in [-0.05, 0) is 36.6 Å². The zero-order chi connectivity index (χ0) is 10.5. The molecule has 1 aliphatic rings.